The summed E-state index contributed by atoms with van der Waals surface area (Å²) in [5.74, 6) is 2.83. The molecule has 1 heteroatoms. The van der Waals surface area contributed by atoms with Crippen LogP contribution in [0.1, 0.15) is 56.1 Å². The Kier molecular flexibility index (Phi) is 2.58. The van der Waals surface area contributed by atoms with E-state index < -0.39 is 0 Å². The maximum Gasteiger partial charge on any atom is 0.115 e. The average molecular weight is 268 g/mol. The SMILES string of the molecule is C=C1CCC2C3CCc4cc(O)ccc4C3CC[C@]12C. The van der Waals surface area contributed by atoms with Crippen molar-refractivity contribution in [1.29, 1.82) is 0 Å². The predicted molar refractivity (Wildman–Crippen MR) is 81.9 cm³/mol. The summed E-state index contributed by atoms with van der Waals surface area (Å²) in [4.78, 5) is 0. The highest BCUT2D eigenvalue weighted by Gasteiger charge is 2.51. The van der Waals surface area contributed by atoms with E-state index in [1.54, 1.807) is 0 Å². The van der Waals surface area contributed by atoms with Gasteiger partial charge in [-0.05, 0) is 85.0 Å². The minimum Gasteiger partial charge on any atom is -0.508 e. The summed E-state index contributed by atoms with van der Waals surface area (Å²) in [6, 6.07) is 6.06. The Bertz CT molecular complexity index is 573. The van der Waals surface area contributed by atoms with Gasteiger partial charge in [-0.1, -0.05) is 25.1 Å². The smallest absolute Gasteiger partial charge is 0.115 e. The van der Waals surface area contributed by atoms with Gasteiger partial charge in [-0.15, -0.1) is 0 Å². The largest absolute Gasteiger partial charge is 0.508 e. The highest BCUT2D eigenvalue weighted by Crippen LogP contribution is 2.62. The molecule has 0 radical (unpaired) electrons. The van der Waals surface area contributed by atoms with Gasteiger partial charge in [-0.2, -0.15) is 0 Å². The highest BCUT2D eigenvalue weighted by molar-refractivity contribution is 5.40. The highest BCUT2D eigenvalue weighted by atomic mass is 16.3. The van der Waals surface area contributed by atoms with Gasteiger partial charge in [-0.3, -0.25) is 0 Å². The third-order valence-electron chi connectivity index (χ3n) is 6.66. The lowest BCUT2D eigenvalue weighted by atomic mass is 9.55. The number of rotatable bonds is 0. The molecule has 1 aromatic rings. The van der Waals surface area contributed by atoms with E-state index in [0.29, 0.717) is 11.2 Å². The number of benzene rings is 1. The molecule has 2 fully saturated rings. The van der Waals surface area contributed by atoms with Gasteiger partial charge in [0.05, 0.1) is 0 Å². The van der Waals surface area contributed by atoms with Crippen molar-refractivity contribution in [2.24, 2.45) is 17.3 Å². The monoisotopic (exact) mass is 268 g/mol. The van der Waals surface area contributed by atoms with E-state index in [4.69, 9.17) is 0 Å². The quantitative estimate of drug-likeness (QED) is 0.670. The molecule has 4 rings (SSSR count). The van der Waals surface area contributed by atoms with Gasteiger partial charge in [-0.25, -0.2) is 0 Å². The van der Waals surface area contributed by atoms with Crippen molar-refractivity contribution in [1.82, 2.24) is 0 Å². The lowest BCUT2D eigenvalue weighted by Gasteiger charge is -2.49. The van der Waals surface area contributed by atoms with Gasteiger partial charge in [0, 0.05) is 0 Å². The van der Waals surface area contributed by atoms with Crippen LogP contribution >= 0.6 is 0 Å². The number of fused-ring (bicyclic) bond motifs is 5. The van der Waals surface area contributed by atoms with E-state index in [1.807, 2.05) is 12.1 Å². The van der Waals surface area contributed by atoms with E-state index in [-0.39, 0.29) is 0 Å². The molecule has 106 valence electrons. The molecule has 3 unspecified atom stereocenters. The maximum atomic E-state index is 9.70. The van der Waals surface area contributed by atoms with E-state index >= 15 is 0 Å². The Morgan fingerprint density at radius 2 is 2.05 bits per heavy atom. The predicted octanol–water partition coefficient (Wildman–Crippen LogP) is 4.80. The Balaban J connectivity index is 1.73. The van der Waals surface area contributed by atoms with Gasteiger partial charge < -0.3 is 5.11 Å². The summed E-state index contributed by atoms with van der Waals surface area (Å²) >= 11 is 0. The number of aromatic hydroxyl groups is 1. The molecule has 1 N–H and O–H groups in total. The third-order valence-corrected chi connectivity index (χ3v) is 6.66. The maximum absolute atomic E-state index is 9.70. The second-order valence-corrected chi connectivity index (χ2v) is 7.40. The molecule has 2 saturated carbocycles. The average Bonchev–Trinajstić information content (AvgIpc) is 2.74. The van der Waals surface area contributed by atoms with Crippen LogP contribution in [0.2, 0.25) is 0 Å². The molecule has 0 heterocycles. The molecular formula is C19H24O. The fourth-order valence-corrected chi connectivity index (χ4v) is 5.48. The number of hydrogen-bond donors (Lipinski definition) is 1. The molecule has 1 nitrogen and oxygen atoms in total. The Labute approximate surface area is 121 Å². The van der Waals surface area contributed by atoms with Crippen LogP contribution in [0.25, 0.3) is 0 Å². The van der Waals surface area contributed by atoms with Crippen molar-refractivity contribution in [2.75, 3.05) is 0 Å². The van der Waals surface area contributed by atoms with Crippen LogP contribution in [-0.4, -0.2) is 5.11 Å². The molecule has 0 aliphatic heterocycles. The molecule has 0 amide bonds. The van der Waals surface area contributed by atoms with Crippen LogP contribution in [-0.2, 0) is 6.42 Å². The summed E-state index contributed by atoms with van der Waals surface area (Å²) in [5.41, 5.74) is 4.85. The second kappa shape index (κ2) is 4.13. The summed E-state index contributed by atoms with van der Waals surface area (Å²) in [7, 11) is 0. The zero-order valence-corrected chi connectivity index (χ0v) is 12.4. The molecule has 0 spiro atoms. The Hall–Kier alpha value is -1.24. The van der Waals surface area contributed by atoms with Crippen LogP contribution < -0.4 is 0 Å². The van der Waals surface area contributed by atoms with Gasteiger partial charge in [0.15, 0.2) is 0 Å². The van der Waals surface area contributed by atoms with Gasteiger partial charge in [0.2, 0.25) is 0 Å². The lowest BCUT2D eigenvalue weighted by Crippen LogP contribution is -2.40. The zero-order valence-electron chi connectivity index (χ0n) is 12.4. The summed E-state index contributed by atoms with van der Waals surface area (Å²) in [6.45, 7) is 6.84. The second-order valence-electron chi connectivity index (χ2n) is 7.40. The number of aryl methyl sites for hydroxylation is 1. The Morgan fingerprint density at radius 3 is 2.90 bits per heavy atom. The first kappa shape index (κ1) is 12.5. The number of hydrogen-bond acceptors (Lipinski definition) is 1. The van der Waals surface area contributed by atoms with Crippen molar-refractivity contribution in [3.8, 4) is 5.75 Å². The number of phenols is 1. The van der Waals surface area contributed by atoms with E-state index in [2.05, 4.69) is 19.6 Å². The fraction of sp³-hybridized carbons (Fsp3) is 0.579. The van der Waals surface area contributed by atoms with E-state index in [9.17, 15) is 5.11 Å². The standard InChI is InChI=1S/C19H24O/c1-12-3-8-18-17-6-4-13-11-14(20)5-7-15(13)16(17)9-10-19(12,18)2/h5,7,11,16-18,20H,1,3-4,6,8-10H2,2H3/t16?,17?,18?,19-/m1/s1. The van der Waals surface area contributed by atoms with E-state index in [0.717, 1.165) is 24.2 Å². The van der Waals surface area contributed by atoms with Crippen molar-refractivity contribution in [2.45, 2.75) is 51.4 Å². The molecule has 3 aliphatic rings. The first-order valence-electron chi connectivity index (χ1n) is 8.09. The van der Waals surface area contributed by atoms with Crippen LogP contribution in [0.4, 0.5) is 0 Å². The minimum atomic E-state index is 0.412. The van der Waals surface area contributed by atoms with Crippen molar-refractivity contribution < 1.29 is 5.11 Å². The molecule has 0 saturated heterocycles. The van der Waals surface area contributed by atoms with Crippen LogP contribution in [0, 0.1) is 17.3 Å². The number of allylic oxidation sites excluding steroid dienone is 1. The molecule has 0 bridgehead atoms. The number of phenolic OH excluding ortho intramolecular Hbond substituents is 1. The summed E-state index contributed by atoms with van der Waals surface area (Å²) in [6.07, 6.45) is 7.64. The van der Waals surface area contributed by atoms with Gasteiger partial charge in [0.25, 0.3) is 0 Å². The molecule has 20 heavy (non-hydrogen) atoms. The molecule has 4 atom stereocenters. The normalized spacial score (nSPS) is 39.0. The first-order valence-corrected chi connectivity index (χ1v) is 8.09. The molecular weight excluding hydrogens is 244 g/mol. The van der Waals surface area contributed by atoms with Crippen molar-refractivity contribution >= 4 is 0 Å². The summed E-state index contributed by atoms with van der Waals surface area (Å²) < 4.78 is 0. The third kappa shape index (κ3) is 1.55. The fourth-order valence-electron chi connectivity index (χ4n) is 5.48. The van der Waals surface area contributed by atoms with Gasteiger partial charge >= 0.3 is 0 Å². The zero-order chi connectivity index (χ0) is 13.9. The van der Waals surface area contributed by atoms with Crippen LogP contribution in [0.15, 0.2) is 30.4 Å². The molecule has 3 aliphatic carbocycles. The van der Waals surface area contributed by atoms with Crippen molar-refractivity contribution in [3.05, 3.63) is 41.5 Å². The summed E-state index contributed by atoms with van der Waals surface area (Å²) in [5, 5.41) is 9.70. The van der Waals surface area contributed by atoms with Crippen molar-refractivity contribution in [3.63, 3.8) is 0 Å². The minimum absolute atomic E-state index is 0.412. The molecule has 0 aromatic heterocycles. The van der Waals surface area contributed by atoms with E-state index in [1.165, 1.54) is 48.8 Å². The van der Waals surface area contributed by atoms with Gasteiger partial charge in [0.1, 0.15) is 5.75 Å². The first-order chi connectivity index (χ1) is 9.59. The topological polar surface area (TPSA) is 20.2 Å². The molecule has 1 aromatic carbocycles. The van der Waals surface area contributed by atoms with Crippen LogP contribution in [0.3, 0.4) is 0 Å². The Morgan fingerprint density at radius 1 is 1.20 bits per heavy atom. The lowest BCUT2D eigenvalue weighted by molar-refractivity contribution is 0.0816. The van der Waals surface area contributed by atoms with Crippen LogP contribution in [0.5, 0.6) is 5.75 Å².